The van der Waals surface area contributed by atoms with E-state index in [0.717, 1.165) is 55.9 Å². The highest BCUT2D eigenvalue weighted by Crippen LogP contribution is 2.29. The fourth-order valence-corrected chi connectivity index (χ4v) is 4.19. The minimum atomic E-state index is 0.267. The summed E-state index contributed by atoms with van der Waals surface area (Å²) in [4.78, 5) is 24.0. The summed E-state index contributed by atoms with van der Waals surface area (Å²) in [5, 5.41) is 3.52. The first-order valence-electron chi connectivity index (χ1n) is 9.18. The molecule has 1 amide bonds. The van der Waals surface area contributed by atoms with Crippen LogP contribution in [0.3, 0.4) is 0 Å². The number of nitrogens with one attached hydrogen (secondary N) is 1. The summed E-state index contributed by atoms with van der Waals surface area (Å²) < 4.78 is 0. The predicted octanol–water partition coefficient (Wildman–Crippen LogP) is 2.37. The Morgan fingerprint density at radius 3 is 2.78 bits per heavy atom. The molecule has 5 heteroatoms. The number of nitrogens with zero attached hydrogens (tertiary/aromatic N) is 3. The number of fused-ring (bicyclic) bond motifs is 1. The summed E-state index contributed by atoms with van der Waals surface area (Å²) in [6.07, 6.45) is 11.0. The van der Waals surface area contributed by atoms with Gasteiger partial charge < -0.3 is 10.2 Å². The van der Waals surface area contributed by atoms with E-state index in [2.05, 4.69) is 10.3 Å². The van der Waals surface area contributed by atoms with Crippen LogP contribution in [0.1, 0.15) is 68.1 Å². The highest BCUT2D eigenvalue weighted by molar-refractivity contribution is 5.79. The van der Waals surface area contributed by atoms with Crippen molar-refractivity contribution in [3.05, 3.63) is 23.3 Å². The molecule has 1 saturated carbocycles. The maximum absolute atomic E-state index is 12.6. The average molecular weight is 314 g/mol. The van der Waals surface area contributed by atoms with Crippen molar-refractivity contribution in [3.8, 4) is 0 Å². The van der Waals surface area contributed by atoms with Crippen LogP contribution in [0.5, 0.6) is 0 Å². The van der Waals surface area contributed by atoms with Gasteiger partial charge in [0.05, 0.1) is 11.7 Å². The molecule has 2 fully saturated rings. The largest absolute Gasteiger partial charge is 0.338 e. The highest BCUT2D eigenvalue weighted by Gasteiger charge is 2.30. The topological polar surface area (TPSA) is 58.1 Å². The van der Waals surface area contributed by atoms with Gasteiger partial charge in [0.2, 0.25) is 5.91 Å². The lowest BCUT2D eigenvalue weighted by atomic mass is 10.0. The molecule has 1 aliphatic carbocycles. The van der Waals surface area contributed by atoms with E-state index in [0.29, 0.717) is 18.5 Å². The molecule has 2 aliphatic heterocycles. The molecule has 1 N–H and O–H groups in total. The fourth-order valence-electron chi connectivity index (χ4n) is 4.19. The molecule has 3 aliphatic rings. The van der Waals surface area contributed by atoms with Gasteiger partial charge in [-0.15, -0.1) is 0 Å². The van der Waals surface area contributed by atoms with Gasteiger partial charge in [0, 0.05) is 37.2 Å². The summed E-state index contributed by atoms with van der Waals surface area (Å²) in [6, 6.07) is 0.312. The lowest BCUT2D eigenvalue weighted by Gasteiger charge is -2.31. The molecule has 0 bridgehead atoms. The molecule has 3 heterocycles. The fraction of sp³-hybridized carbons (Fsp3) is 0.722. The lowest BCUT2D eigenvalue weighted by molar-refractivity contribution is -0.136. The summed E-state index contributed by atoms with van der Waals surface area (Å²) in [7, 11) is 0. The maximum atomic E-state index is 12.6. The summed E-state index contributed by atoms with van der Waals surface area (Å²) in [6.45, 7) is 2.58. The van der Waals surface area contributed by atoms with Crippen LogP contribution in [0.25, 0.3) is 0 Å². The van der Waals surface area contributed by atoms with Gasteiger partial charge in [-0.05, 0) is 32.2 Å². The summed E-state index contributed by atoms with van der Waals surface area (Å²) in [5.74, 6) is 1.56. The molecule has 1 saturated heterocycles. The second-order valence-corrected chi connectivity index (χ2v) is 7.19. The minimum Gasteiger partial charge on any atom is -0.338 e. The Morgan fingerprint density at radius 2 is 2.00 bits per heavy atom. The van der Waals surface area contributed by atoms with E-state index in [9.17, 15) is 4.79 Å². The number of hydrogen-bond acceptors (Lipinski definition) is 4. The van der Waals surface area contributed by atoms with Gasteiger partial charge in [0.25, 0.3) is 0 Å². The van der Waals surface area contributed by atoms with Crippen LogP contribution in [-0.4, -0.2) is 33.9 Å². The van der Waals surface area contributed by atoms with Crippen LogP contribution < -0.4 is 5.32 Å². The standard InChI is InChI=1S/C18H26N4O/c23-18(13-5-1-2-6-13)22-10-8-15-14(12-22)11-20-17(21-15)16-7-3-4-9-19-16/h11,13,16,19H,1-10,12H2/t16-/m0/s1. The number of hydrogen-bond donors (Lipinski definition) is 1. The Morgan fingerprint density at radius 1 is 1.17 bits per heavy atom. The van der Waals surface area contributed by atoms with Crippen LogP contribution in [0, 0.1) is 5.92 Å². The molecule has 0 unspecified atom stereocenters. The van der Waals surface area contributed by atoms with E-state index in [1.165, 1.54) is 25.7 Å². The molecule has 0 aromatic carbocycles. The van der Waals surface area contributed by atoms with E-state index in [-0.39, 0.29) is 5.92 Å². The molecular weight excluding hydrogens is 288 g/mol. The van der Waals surface area contributed by atoms with Crippen LogP contribution in [0.15, 0.2) is 6.20 Å². The first-order chi connectivity index (χ1) is 11.3. The summed E-state index contributed by atoms with van der Waals surface area (Å²) >= 11 is 0. The number of aromatic nitrogens is 2. The van der Waals surface area contributed by atoms with Crippen molar-refractivity contribution in [1.82, 2.24) is 20.2 Å². The normalized spacial score (nSPS) is 25.4. The molecule has 4 rings (SSSR count). The van der Waals surface area contributed by atoms with E-state index in [4.69, 9.17) is 4.98 Å². The van der Waals surface area contributed by atoms with Crippen LogP contribution >= 0.6 is 0 Å². The number of rotatable bonds is 2. The Hall–Kier alpha value is -1.49. The van der Waals surface area contributed by atoms with Crippen molar-refractivity contribution in [3.63, 3.8) is 0 Å². The number of piperidine rings is 1. The predicted molar refractivity (Wildman–Crippen MR) is 87.7 cm³/mol. The molecule has 1 aromatic heterocycles. The van der Waals surface area contributed by atoms with Gasteiger partial charge in [-0.1, -0.05) is 19.3 Å². The first-order valence-corrected chi connectivity index (χ1v) is 9.18. The van der Waals surface area contributed by atoms with Crippen molar-refractivity contribution in [2.24, 2.45) is 5.92 Å². The lowest BCUT2D eigenvalue weighted by Crippen LogP contribution is -2.40. The smallest absolute Gasteiger partial charge is 0.225 e. The zero-order chi connectivity index (χ0) is 15.6. The second kappa shape index (κ2) is 6.56. The molecule has 124 valence electrons. The molecule has 1 aromatic rings. The highest BCUT2D eigenvalue weighted by atomic mass is 16.2. The zero-order valence-electron chi connectivity index (χ0n) is 13.8. The third-order valence-corrected chi connectivity index (χ3v) is 5.59. The van der Waals surface area contributed by atoms with Gasteiger partial charge in [0.1, 0.15) is 5.82 Å². The van der Waals surface area contributed by atoms with E-state index >= 15 is 0 Å². The minimum absolute atomic E-state index is 0.267. The van der Waals surface area contributed by atoms with Gasteiger partial charge in [-0.3, -0.25) is 4.79 Å². The van der Waals surface area contributed by atoms with Gasteiger partial charge >= 0.3 is 0 Å². The Kier molecular flexibility index (Phi) is 4.29. The van der Waals surface area contributed by atoms with Crippen molar-refractivity contribution in [1.29, 1.82) is 0 Å². The van der Waals surface area contributed by atoms with Crippen molar-refractivity contribution < 1.29 is 4.79 Å². The third-order valence-electron chi connectivity index (χ3n) is 5.59. The Bertz CT molecular complexity index is 576. The van der Waals surface area contributed by atoms with Crippen molar-refractivity contribution in [2.75, 3.05) is 13.1 Å². The van der Waals surface area contributed by atoms with Gasteiger partial charge in [0.15, 0.2) is 0 Å². The van der Waals surface area contributed by atoms with Crippen LogP contribution in [-0.2, 0) is 17.8 Å². The maximum Gasteiger partial charge on any atom is 0.225 e. The van der Waals surface area contributed by atoms with Gasteiger partial charge in [-0.25, -0.2) is 9.97 Å². The van der Waals surface area contributed by atoms with Crippen LogP contribution in [0.2, 0.25) is 0 Å². The molecule has 0 spiro atoms. The summed E-state index contributed by atoms with van der Waals surface area (Å²) in [5.41, 5.74) is 2.29. The van der Waals surface area contributed by atoms with E-state index in [1.807, 2.05) is 11.1 Å². The quantitative estimate of drug-likeness (QED) is 0.910. The first kappa shape index (κ1) is 15.1. The van der Waals surface area contributed by atoms with Crippen LogP contribution in [0.4, 0.5) is 0 Å². The molecule has 0 radical (unpaired) electrons. The van der Waals surface area contributed by atoms with E-state index < -0.39 is 0 Å². The van der Waals surface area contributed by atoms with Crippen molar-refractivity contribution >= 4 is 5.91 Å². The number of carbonyl (C=O) groups excluding carboxylic acids is 1. The zero-order valence-corrected chi connectivity index (χ0v) is 13.8. The third kappa shape index (κ3) is 3.11. The average Bonchev–Trinajstić information content (AvgIpc) is 3.15. The Labute approximate surface area is 137 Å². The number of amides is 1. The molecular formula is C18H26N4O. The molecule has 5 nitrogen and oxygen atoms in total. The molecule has 1 atom stereocenters. The number of carbonyl (C=O) groups is 1. The monoisotopic (exact) mass is 314 g/mol. The Balaban J connectivity index is 1.46. The van der Waals surface area contributed by atoms with Gasteiger partial charge in [-0.2, -0.15) is 0 Å². The SMILES string of the molecule is O=C(C1CCCC1)N1CCc2nc([C@@H]3CCCCN3)ncc2C1. The van der Waals surface area contributed by atoms with E-state index in [1.54, 1.807) is 0 Å². The molecule has 23 heavy (non-hydrogen) atoms. The second-order valence-electron chi connectivity index (χ2n) is 7.19. The van der Waals surface area contributed by atoms with Crippen molar-refractivity contribution in [2.45, 2.75) is 64.0 Å².